The topological polar surface area (TPSA) is 253 Å². The molecule has 1 spiro atoms. The molecule has 1 saturated heterocycles. The minimum absolute atomic E-state index is 0.0278. The number of carbonyl (C=O) groups excluding carboxylic acids is 4. The lowest BCUT2D eigenvalue weighted by Crippen LogP contribution is -2.69. The van der Waals surface area contributed by atoms with E-state index in [2.05, 4.69) is 9.64 Å². The summed E-state index contributed by atoms with van der Waals surface area (Å²) in [6.45, 7) is 2.36. The second-order valence-electron chi connectivity index (χ2n) is 13.0. The van der Waals surface area contributed by atoms with E-state index in [1.54, 1.807) is 6.07 Å². The van der Waals surface area contributed by atoms with Gasteiger partial charge in [-0.05, 0) is 58.3 Å². The molecule has 17 heteroatoms. The summed E-state index contributed by atoms with van der Waals surface area (Å²) in [6, 6.07) is 3.36. The molecule has 5 rings (SSSR count). The van der Waals surface area contributed by atoms with Crippen molar-refractivity contribution in [2.24, 2.45) is 0 Å². The van der Waals surface area contributed by atoms with Crippen molar-refractivity contribution >= 4 is 35.8 Å². The Morgan fingerprint density at radius 2 is 1.70 bits per heavy atom. The molecule has 0 unspecified atom stereocenters. The fraction of sp³-hybridized carbons (Fsp3) is 0.576. The summed E-state index contributed by atoms with van der Waals surface area (Å²) in [5.41, 5.74) is -0.198. The molecular formula is C33H39NO16. The average Bonchev–Trinajstić information content (AvgIpc) is 3.38. The molecule has 1 aromatic carbocycles. The van der Waals surface area contributed by atoms with Gasteiger partial charge in [0.15, 0.2) is 12.2 Å². The lowest BCUT2D eigenvalue weighted by molar-refractivity contribution is -0.186. The molecule has 0 aromatic heterocycles. The van der Waals surface area contributed by atoms with Crippen LogP contribution in [0.25, 0.3) is 0 Å². The van der Waals surface area contributed by atoms with Gasteiger partial charge in [-0.15, -0.1) is 0 Å². The number of benzene rings is 1. The number of ether oxygens (including phenoxy) is 5. The zero-order valence-corrected chi connectivity index (χ0v) is 27.5. The van der Waals surface area contributed by atoms with Gasteiger partial charge in [-0.2, -0.15) is 0 Å². The number of carbonyl (C=O) groups is 6. The standard InChI is InChI=1S/C33H39NO16/c1-15(36)29(42)49-21(31(44)46-16(2)30(43)48-20(28(40)41)12-23(37)38)13-24(39)47-19-7-9-33(45)22-11-17-5-6-18(14-35)26-25(17)32(33,27(19)50-26)8-4-10-34(22)3/h5-7,15-16,20-22,27,35-36,45H,4,8-14H2,1-3H3,(H,37,38)(H,40,41)/t15-,16-,20+,21-,22+,27-,32-,33+/m0/s1. The SMILES string of the molecule is C[C@H](O)C(=O)O[C@@H](CC(=O)OC1=CC[C@@]2(O)[C@H]3Cc4ccc(CO)c5c4[C@@]2(CCCN3C)[C@H]1O5)C(=O)O[C@@H](C)C(=O)O[C@H](CC(=O)O)C(=O)O. The number of carboxylic acid groups (broad SMARTS) is 2. The van der Waals surface area contributed by atoms with Gasteiger partial charge in [-0.1, -0.05) is 12.1 Å². The van der Waals surface area contributed by atoms with Crippen molar-refractivity contribution < 1.29 is 78.0 Å². The molecule has 2 heterocycles. The number of esters is 4. The highest BCUT2D eigenvalue weighted by atomic mass is 16.6. The van der Waals surface area contributed by atoms with Crippen LogP contribution in [0.4, 0.5) is 0 Å². The minimum atomic E-state index is -2.09. The third-order valence-electron chi connectivity index (χ3n) is 9.81. The van der Waals surface area contributed by atoms with Crippen LogP contribution < -0.4 is 4.74 Å². The molecule has 2 aliphatic heterocycles. The molecule has 0 radical (unpaired) electrons. The summed E-state index contributed by atoms with van der Waals surface area (Å²) in [5, 5.41) is 50.3. The van der Waals surface area contributed by atoms with Crippen LogP contribution in [0.3, 0.4) is 0 Å². The highest BCUT2D eigenvalue weighted by Crippen LogP contribution is 2.64. The molecule has 272 valence electrons. The minimum Gasteiger partial charge on any atom is -0.481 e. The number of hydrogen-bond donors (Lipinski definition) is 5. The van der Waals surface area contributed by atoms with E-state index in [9.17, 15) is 44.1 Å². The first-order chi connectivity index (χ1) is 23.5. The van der Waals surface area contributed by atoms with Crippen LogP contribution in [0.2, 0.25) is 0 Å². The lowest BCUT2D eigenvalue weighted by Gasteiger charge is -2.56. The first kappa shape index (κ1) is 36.7. The van der Waals surface area contributed by atoms with Crippen molar-refractivity contribution in [2.75, 3.05) is 13.6 Å². The largest absolute Gasteiger partial charge is 0.481 e. The summed E-state index contributed by atoms with van der Waals surface area (Å²) in [5.74, 6) is -8.24. The Balaban J connectivity index is 1.37. The Bertz CT molecular complexity index is 1620. The molecule has 50 heavy (non-hydrogen) atoms. The maximum atomic E-state index is 13.4. The number of carboxylic acids is 2. The summed E-state index contributed by atoms with van der Waals surface area (Å²) in [7, 11) is 1.94. The van der Waals surface area contributed by atoms with Gasteiger partial charge in [-0.3, -0.25) is 9.59 Å². The quantitative estimate of drug-likeness (QED) is 0.128. The van der Waals surface area contributed by atoms with E-state index in [-0.39, 0.29) is 24.8 Å². The summed E-state index contributed by atoms with van der Waals surface area (Å²) in [6.07, 6.45) is -7.51. The second kappa shape index (κ2) is 14.0. The van der Waals surface area contributed by atoms with Crippen LogP contribution in [0.5, 0.6) is 5.75 Å². The van der Waals surface area contributed by atoms with Gasteiger partial charge in [0.25, 0.3) is 0 Å². The number of nitrogens with zero attached hydrogens (tertiary/aromatic N) is 1. The molecule has 4 aliphatic rings. The van der Waals surface area contributed by atoms with E-state index in [0.717, 1.165) is 25.0 Å². The summed E-state index contributed by atoms with van der Waals surface area (Å²) >= 11 is 0. The van der Waals surface area contributed by atoms with Gasteiger partial charge in [0.1, 0.15) is 17.6 Å². The Morgan fingerprint density at radius 1 is 1.00 bits per heavy atom. The number of aliphatic hydroxyl groups excluding tert-OH is 2. The first-order valence-electron chi connectivity index (χ1n) is 16.0. The maximum absolute atomic E-state index is 13.4. The van der Waals surface area contributed by atoms with Crippen LogP contribution in [-0.2, 0) is 66.2 Å². The zero-order chi connectivity index (χ0) is 36.7. The number of likely N-dealkylation sites (N-methyl/N-ethyl adjacent to an activating group) is 1. The number of aliphatic carboxylic acids is 2. The Morgan fingerprint density at radius 3 is 2.34 bits per heavy atom. The van der Waals surface area contributed by atoms with E-state index in [0.29, 0.717) is 37.1 Å². The van der Waals surface area contributed by atoms with Crippen LogP contribution >= 0.6 is 0 Å². The third-order valence-corrected chi connectivity index (χ3v) is 9.81. The van der Waals surface area contributed by atoms with Gasteiger partial charge in [0.2, 0.25) is 12.2 Å². The van der Waals surface area contributed by atoms with E-state index in [4.69, 9.17) is 29.2 Å². The number of likely N-dealkylation sites (tertiary alicyclic amines) is 1. The highest BCUT2D eigenvalue weighted by Gasteiger charge is 2.70. The van der Waals surface area contributed by atoms with Gasteiger partial charge < -0.3 is 54.1 Å². The predicted octanol–water partition coefficient (Wildman–Crippen LogP) is -0.525. The monoisotopic (exact) mass is 705 g/mol. The van der Waals surface area contributed by atoms with Crippen LogP contribution in [0, 0.1) is 0 Å². The first-order valence-corrected chi connectivity index (χ1v) is 16.0. The Kier molecular flexibility index (Phi) is 10.3. The number of hydrogen-bond acceptors (Lipinski definition) is 15. The normalized spacial score (nSPS) is 27.1. The number of aliphatic hydroxyl groups is 3. The van der Waals surface area contributed by atoms with Crippen molar-refractivity contribution in [3.05, 3.63) is 40.7 Å². The predicted molar refractivity (Wildman–Crippen MR) is 163 cm³/mol. The third kappa shape index (κ3) is 6.41. The van der Waals surface area contributed by atoms with Gasteiger partial charge in [0, 0.05) is 23.6 Å². The number of rotatable bonds is 13. The van der Waals surface area contributed by atoms with Gasteiger partial charge in [-0.25, -0.2) is 19.2 Å². The van der Waals surface area contributed by atoms with E-state index >= 15 is 0 Å². The van der Waals surface area contributed by atoms with Crippen molar-refractivity contribution in [3.8, 4) is 5.75 Å². The zero-order valence-electron chi connectivity index (χ0n) is 27.5. The lowest BCUT2D eigenvalue weighted by atomic mass is 9.52. The molecule has 2 aliphatic carbocycles. The van der Waals surface area contributed by atoms with E-state index in [1.165, 1.54) is 6.08 Å². The van der Waals surface area contributed by atoms with E-state index < -0.39 is 90.2 Å². The van der Waals surface area contributed by atoms with Crippen molar-refractivity contribution in [1.29, 1.82) is 0 Å². The van der Waals surface area contributed by atoms with Crippen molar-refractivity contribution in [1.82, 2.24) is 4.90 Å². The Labute approximate surface area is 285 Å². The van der Waals surface area contributed by atoms with Gasteiger partial charge >= 0.3 is 35.8 Å². The highest BCUT2D eigenvalue weighted by molar-refractivity contribution is 5.88. The molecule has 0 amide bonds. The molecule has 5 N–H and O–H groups in total. The molecule has 1 aromatic rings. The summed E-state index contributed by atoms with van der Waals surface area (Å²) in [4.78, 5) is 75.5. The van der Waals surface area contributed by atoms with Crippen molar-refractivity contribution in [2.45, 2.75) is 107 Å². The maximum Gasteiger partial charge on any atom is 0.348 e. The molecule has 0 saturated carbocycles. The van der Waals surface area contributed by atoms with E-state index in [1.807, 2.05) is 13.1 Å². The van der Waals surface area contributed by atoms with Crippen LogP contribution in [0.1, 0.15) is 62.6 Å². The Hall–Kier alpha value is -4.58. The van der Waals surface area contributed by atoms with Gasteiger partial charge in [0.05, 0.1) is 30.5 Å². The molecule has 17 nitrogen and oxygen atoms in total. The second-order valence-corrected chi connectivity index (χ2v) is 13.0. The fourth-order valence-corrected chi connectivity index (χ4v) is 7.49. The fourth-order valence-electron chi connectivity index (χ4n) is 7.49. The van der Waals surface area contributed by atoms with Crippen LogP contribution in [0.15, 0.2) is 24.0 Å². The average molecular weight is 706 g/mol. The molecular weight excluding hydrogens is 666 g/mol. The molecule has 8 atom stereocenters. The van der Waals surface area contributed by atoms with Crippen LogP contribution in [-0.4, -0.2) is 122 Å². The smallest absolute Gasteiger partial charge is 0.348 e. The van der Waals surface area contributed by atoms with Crippen molar-refractivity contribution in [3.63, 3.8) is 0 Å². The molecule has 2 bridgehead atoms. The summed E-state index contributed by atoms with van der Waals surface area (Å²) < 4.78 is 26.8. The molecule has 1 fully saturated rings.